The SMILES string of the molecule is O=C(O)c1nnn(-c2cc(Cl)ccc2Cl)n1. The van der Waals surface area contributed by atoms with E-state index in [-0.39, 0.29) is 0 Å². The van der Waals surface area contributed by atoms with Gasteiger partial charge in [-0.15, -0.1) is 15.0 Å². The summed E-state index contributed by atoms with van der Waals surface area (Å²) in [5.74, 6) is -1.67. The van der Waals surface area contributed by atoms with Crippen LogP contribution in [0.4, 0.5) is 0 Å². The van der Waals surface area contributed by atoms with E-state index in [1.165, 1.54) is 6.07 Å². The highest BCUT2D eigenvalue weighted by atomic mass is 35.5. The molecule has 2 rings (SSSR count). The summed E-state index contributed by atoms with van der Waals surface area (Å²) in [5.41, 5.74) is 0.370. The second-order valence-electron chi connectivity index (χ2n) is 2.80. The van der Waals surface area contributed by atoms with Crippen molar-refractivity contribution in [2.75, 3.05) is 0 Å². The van der Waals surface area contributed by atoms with Gasteiger partial charge in [0, 0.05) is 5.02 Å². The van der Waals surface area contributed by atoms with Crippen LogP contribution in [0, 0.1) is 0 Å². The van der Waals surface area contributed by atoms with Crippen molar-refractivity contribution in [3.8, 4) is 5.69 Å². The fourth-order valence-corrected chi connectivity index (χ4v) is 1.40. The molecule has 0 spiro atoms. The number of carboxylic acid groups (broad SMARTS) is 1. The number of aromatic carboxylic acids is 1. The van der Waals surface area contributed by atoms with Gasteiger partial charge in [-0.2, -0.15) is 0 Å². The van der Waals surface area contributed by atoms with Gasteiger partial charge in [0.2, 0.25) is 0 Å². The van der Waals surface area contributed by atoms with Gasteiger partial charge in [-0.3, -0.25) is 0 Å². The normalized spacial score (nSPS) is 10.4. The fourth-order valence-electron chi connectivity index (χ4n) is 1.04. The van der Waals surface area contributed by atoms with E-state index in [0.29, 0.717) is 15.7 Å². The molecule has 0 fully saturated rings. The molecule has 16 heavy (non-hydrogen) atoms. The zero-order valence-electron chi connectivity index (χ0n) is 7.63. The Morgan fingerprint density at radius 1 is 1.38 bits per heavy atom. The molecule has 0 amide bonds. The van der Waals surface area contributed by atoms with Crippen molar-refractivity contribution in [1.82, 2.24) is 20.2 Å². The average molecular weight is 259 g/mol. The Balaban J connectivity index is 2.50. The van der Waals surface area contributed by atoms with E-state index in [1.54, 1.807) is 12.1 Å². The van der Waals surface area contributed by atoms with Crippen LogP contribution in [-0.2, 0) is 0 Å². The molecule has 8 heteroatoms. The smallest absolute Gasteiger partial charge is 0.377 e. The number of tetrazole rings is 1. The third-order valence-corrected chi connectivity index (χ3v) is 2.28. The molecule has 0 saturated carbocycles. The van der Waals surface area contributed by atoms with E-state index in [4.69, 9.17) is 28.3 Å². The van der Waals surface area contributed by atoms with Crippen molar-refractivity contribution in [1.29, 1.82) is 0 Å². The lowest BCUT2D eigenvalue weighted by Crippen LogP contribution is -2.03. The molecule has 6 nitrogen and oxygen atoms in total. The first-order valence-corrected chi connectivity index (χ1v) is 4.82. The van der Waals surface area contributed by atoms with E-state index < -0.39 is 11.8 Å². The van der Waals surface area contributed by atoms with Gasteiger partial charge < -0.3 is 5.11 Å². The quantitative estimate of drug-likeness (QED) is 0.887. The minimum absolute atomic E-state index is 0.346. The summed E-state index contributed by atoms with van der Waals surface area (Å²) < 4.78 is 0. The van der Waals surface area contributed by atoms with Crippen molar-refractivity contribution >= 4 is 29.2 Å². The number of rotatable bonds is 2. The lowest BCUT2D eigenvalue weighted by Gasteiger charge is -2.01. The van der Waals surface area contributed by atoms with E-state index in [2.05, 4.69) is 15.4 Å². The molecule has 0 saturated heterocycles. The Labute approximate surface area is 99.4 Å². The second-order valence-corrected chi connectivity index (χ2v) is 3.65. The molecular weight excluding hydrogens is 255 g/mol. The zero-order valence-corrected chi connectivity index (χ0v) is 9.14. The van der Waals surface area contributed by atoms with Crippen molar-refractivity contribution < 1.29 is 9.90 Å². The highest BCUT2D eigenvalue weighted by Crippen LogP contribution is 2.22. The Kier molecular flexibility index (Phi) is 2.76. The van der Waals surface area contributed by atoms with Crippen molar-refractivity contribution in [2.24, 2.45) is 0 Å². The third-order valence-electron chi connectivity index (χ3n) is 1.73. The van der Waals surface area contributed by atoms with E-state index in [1.807, 2.05) is 0 Å². The third kappa shape index (κ3) is 1.98. The maximum absolute atomic E-state index is 10.6. The summed E-state index contributed by atoms with van der Waals surface area (Å²) >= 11 is 11.7. The van der Waals surface area contributed by atoms with Crippen LogP contribution in [0.2, 0.25) is 10.0 Å². The zero-order chi connectivity index (χ0) is 11.7. The topological polar surface area (TPSA) is 80.9 Å². The lowest BCUT2D eigenvalue weighted by molar-refractivity contribution is 0.0683. The van der Waals surface area contributed by atoms with E-state index in [9.17, 15) is 4.79 Å². The van der Waals surface area contributed by atoms with Gasteiger partial charge in [0.1, 0.15) is 5.69 Å². The summed E-state index contributed by atoms with van der Waals surface area (Å²) in [6.07, 6.45) is 0. The number of carboxylic acids is 1. The molecule has 0 radical (unpaired) electrons. The monoisotopic (exact) mass is 258 g/mol. The highest BCUT2D eigenvalue weighted by Gasteiger charge is 2.13. The molecule has 0 aliphatic rings. The van der Waals surface area contributed by atoms with Crippen molar-refractivity contribution in [3.05, 3.63) is 34.1 Å². The van der Waals surface area contributed by atoms with Crippen LogP contribution in [0.1, 0.15) is 10.6 Å². The van der Waals surface area contributed by atoms with Crippen LogP contribution >= 0.6 is 23.2 Å². The first-order chi connectivity index (χ1) is 7.58. The maximum Gasteiger partial charge on any atom is 0.377 e. The van der Waals surface area contributed by atoms with Gasteiger partial charge in [0.05, 0.1) is 5.02 Å². The molecule has 1 N–H and O–H groups in total. The van der Waals surface area contributed by atoms with Crippen LogP contribution in [0.5, 0.6) is 0 Å². The number of carbonyl (C=O) groups is 1. The molecule has 0 bridgehead atoms. The minimum Gasteiger partial charge on any atom is -0.475 e. The van der Waals surface area contributed by atoms with Crippen LogP contribution in [0.25, 0.3) is 5.69 Å². The number of aromatic nitrogens is 4. The van der Waals surface area contributed by atoms with Crippen LogP contribution in [0.15, 0.2) is 18.2 Å². The molecular formula is C8H4Cl2N4O2. The minimum atomic E-state index is -1.26. The van der Waals surface area contributed by atoms with Gasteiger partial charge in [-0.1, -0.05) is 23.2 Å². The Bertz CT molecular complexity index is 555. The number of nitrogens with zero attached hydrogens (tertiary/aromatic N) is 4. The number of benzene rings is 1. The summed E-state index contributed by atoms with van der Waals surface area (Å²) in [6.45, 7) is 0. The average Bonchev–Trinajstić information content (AvgIpc) is 2.70. The van der Waals surface area contributed by atoms with Crippen LogP contribution in [0.3, 0.4) is 0 Å². The van der Waals surface area contributed by atoms with Crippen LogP contribution < -0.4 is 0 Å². The highest BCUT2D eigenvalue weighted by molar-refractivity contribution is 6.34. The Hall–Kier alpha value is -1.66. The second kappa shape index (κ2) is 4.07. The summed E-state index contributed by atoms with van der Waals surface area (Å²) in [7, 11) is 0. The maximum atomic E-state index is 10.6. The first-order valence-electron chi connectivity index (χ1n) is 4.06. The number of halogens is 2. The van der Waals surface area contributed by atoms with Crippen molar-refractivity contribution in [2.45, 2.75) is 0 Å². The molecule has 1 aromatic heterocycles. The Morgan fingerprint density at radius 2 is 2.12 bits per heavy atom. The summed E-state index contributed by atoms with van der Waals surface area (Å²) in [5, 5.41) is 20.0. The summed E-state index contributed by atoms with van der Waals surface area (Å²) in [4.78, 5) is 11.6. The fraction of sp³-hybridized carbons (Fsp3) is 0. The molecule has 2 aromatic rings. The van der Waals surface area contributed by atoms with Gasteiger partial charge in [0.25, 0.3) is 5.82 Å². The van der Waals surface area contributed by atoms with Gasteiger partial charge >= 0.3 is 5.97 Å². The Morgan fingerprint density at radius 3 is 2.75 bits per heavy atom. The summed E-state index contributed by atoms with van der Waals surface area (Å²) in [6, 6.07) is 4.67. The molecule has 0 aliphatic carbocycles. The number of hydrogen-bond acceptors (Lipinski definition) is 4. The van der Waals surface area contributed by atoms with E-state index >= 15 is 0 Å². The van der Waals surface area contributed by atoms with E-state index in [0.717, 1.165) is 4.80 Å². The molecule has 1 heterocycles. The van der Waals surface area contributed by atoms with Crippen molar-refractivity contribution in [3.63, 3.8) is 0 Å². The van der Waals surface area contributed by atoms with Gasteiger partial charge in [0.15, 0.2) is 0 Å². The first kappa shape index (κ1) is 10.8. The predicted molar refractivity (Wildman–Crippen MR) is 56.1 cm³/mol. The molecule has 82 valence electrons. The lowest BCUT2D eigenvalue weighted by atomic mass is 10.3. The molecule has 0 unspecified atom stereocenters. The molecule has 1 aromatic carbocycles. The predicted octanol–water partition coefficient (Wildman–Crippen LogP) is 1.67. The van der Waals surface area contributed by atoms with Gasteiger partial charge in [-0.05, 0) is 23.4 Å². The number of hydrogen-bond donors (Lipinski definition) is 1. The van der Waals surface area contributed by atoms with Crippen LogP contribution in [-0.4, -0.2) is 31.3 Å². The largest absolute Gasteiger partial charge is 0.475 e. The standard InChI is InChI=1S/C8H4Cl2N4O2/c9-4-1-2-5(10)6(3-4)14-12-7(8(15)16)11-13-14/h1-3H,(H,15,16). The van der Waals surface area contributed by atoms with Gasteiger partial charge in [-0.25, -0.2) is 4.79 Å². The molecule has 0 aliphatic heterocycles. The molecule has 0 atom stereocenters.